The van der Waals surface area contributed by atoms with Crippen molar-refractivity contribution in [1.82, 2.24) is 9.97 Å². The molecule has 5 nitrogen and oxygen atoms in total. The average molecular weight is 362 g/mol. The summed E-state index contributed by atoms with van der Waals surface area (Å²) >= 11 is 0. The summed E-state index contributed by atoms with van der Waals surface area (Å²) in [4.78, 5) is 23.6. The van der Waals surface area contributed by atoms with Crippen molar-refractivity contribution >= 4 is 23.2 Å². The highest BCUT2D eigenvalue weighted by molar-refractivity contribution is 6.03. The number of halogens is 1. The van der Waals surface area contributed by atoms with Crippen LogP contribution in [0, 0.1) is 12.7 Å². The van der Waals surface area contributed by atoms with Crippen LogP contribution in [0.3, 0.4) is 0 Å². The number of hydrogen-bond acceptors (Lipinski definition) is 4. The van der Waals surface area contributed by atoms with Crippen molar-refractivity contribution < 1.29 is 9.18 Å². The van der Waals surface area contributed by atoms with Crippen LogP contribution >= 0.6 is 0 Å². The van der Waals surface area contributed by atoms with Gasteiger partial charge in [-0.25, -0.2) is 14.4 Å². The van der Waals surface area contributed by atoms with E-state index < -0.39 is 11.7 Å². The normalized spacial score (nSPS) is 13.2. The third kappa shape index (κ3) is 3.51. The third-order valence-electron chi connectivity index (χ3n) is 4.55. The van der Waals surface area contributed by atoms with Crippen molar-refractivity contribution in [2.75, 3.05) is 16.8 Å². The van der Waals surface area contributed by atoms with Gasteiger partial charge < -0.3 is 10.2 Å². The first kappa shape index (κ1) is 17.1. The summed E-state index contributed by atoms with van der Waals surface area (Å²) in [6.07, 6.45) is 2.00. The number of aryl methyl sites for hydroxylation is 2. The van der Waals surface area contributed by atoms with E-state index in [1.165, 1.54) is 17.7 Å². The van der Waals surface area contributed by atoms with Crippen molar-refractivity contribution in [1.29, 1.82) is 0 Å². The molecule has 0 saturated heterocycles. The molecule has 0 unspecified atom stereocenters. The Morgan fingerprint density at radius 2 is 1.89 bits per heavy atom. The number of aromatic nitrogens is 2. The van der Waals surface area contributed by atoms with Gasteiger partial charge in [0, 0.05) is 17.9 Å². The average Bonchev–Trinajstić information content (AvgIpc) is 2.69. The molecule has 3 aromatic rings. The molecule has 1 aliphatic heterocycles. The van der Waals surface area contributed by atoms with Gasteiger partial charge in [-0.15, -0.1) is 0 Å². The highest BCUT2D eigenvalue weighted by Crippen LogP contribution is 2.31. The molecule has 27 heavy (non-hydrogen) atoms. The molecule has 6 heteroatoms. The summed E-state index contributed by atoms with van der Waals surface area (Å²) in [5.41, 5.74) is 3.33. The number of carbonyl (C=O) groups excluding carboxylic acids is 1. The van der Waals surface area contributed by atoms with Crippen LogP contribution in [0.15, 0.2) is 54.6 Å². The first-order chi connectivity index (χ1) is 13.1. The van der Waals surface area contributed by atoms with E-state index in [1.807, 2.05) is 30.0 Å². The molecule has 1 N–H and O–H groups in total. The fraction of sp³-hybridized carbons (Fsp3) is 0.190. The maximum Gasteiger partial charge on any atom is 0.274 e. The SMILES string of the molecule is Cc1cc(C(=O)Nc2ccccc2F)nc(N2CCCc3ccccc32)n1. The lowest BCUT2D eigenvalue weighted by Gasteiger charge is -2.29. The number of carbonyl (C=O) groups is 1. The van der Waals surface area contributed by atoms with Gasteiger partial charge in [-0.05, 0) is 49.6 Å². The van der Waals surface area contributed by atoms with Crippen LogP contribution in [0.5, 0.6) is 0 Å². The molecule has 1 aromatic heterocycles. The van der Waals surface area contributed by atoms with Crippen LogP contribution in [0.4, 0.5) is 21.7 Å². The third-order valence-corrected chi connectivity index (χ3v) is 4.55. The van der Waals surface area contributed by atoms with Gasteiger partial charge >= 0.3 is 0 Å². The number of fused-ring (bicyclic) bond motifs is 1. The maximum atomic E-state index is 13.8. The van der Waals surface area contributed by atoms with Gasteiger partial charge in [-0.2, -0.15) is 0 Å². The van der Waals surface area contributed by atoms with E-state index in [4.69, 9.17) is 0 Å². The van der Waals surface area contributed by atoms with Crippen molar-refractivity contribution in [2.24, 2.45) is 0 Å². The monoisotopic (exact) mass is 362 g/mol. The molecule has 2 aromatic carbocycles. The Morgan fingerprint density at radius 3 is 2.74 bits per heavy atom. The minimum Gasteiger partial charge on any atom is -0.318 e. The molecule has 136 valence electrons. The molecule has 0 fully saturated rings. The van der Waals surface area contributed by atoms with E-state index in [9.17, 15) is 9.18 Å². The lowest BCUT2D eigenvalue weighted by atomic mass is 10.0. The second-order valence-corrected chi connectivity index (χ2v) is 6.51. The molecular weight excluding hydrogens is 343 g/mol. The standard InChI is InChI=1S/C21H19FN4O/c1-14-13-18(20(27)24-17-10-4-3-9-16(17)22)25-21(23-14)26-12-6-8-15-7-2-5-11-19(15)26/h2-5,7,9-11,13H,6,8,12H2,1H3,(H,24,27). The summed E-state index contributed by atoms with van der Waals surface area (Å²) in [7, 11) is 0. The zero-order valence-corrected chi connectivity index (χ0v) is 14.9. The van der Waals surface area contributed by atoms with E-state index in [0.717, 1.165) is 25.1 Å². The van der Waals surface area contributed by atoms with E-state index in [1.54, 1.807) is 18.2 Å². The van der Waals surface area contributed by atoms with E-state index in [2.05, 4.69) is 21.4 Å². The highest BCUT2D eigenvalue weighted by Gasteiger charge is 2.22. The van der Waals surface area contributed by atoms with Crippen molar-refractivity contribution in [2.45, 2.75) is 19.8 Å². The number of nitrogens with one attached hydrogen (secondary N) is 1. The molecule has 2 heterocycles. The predicted octanol–water partition coefficient (Wildman–Crippen LogP) is 4.26. The zero-order valence-electron chi connectivity index (χ0n) is 14.9. The molecule has 0 radical (unpaired) electrons. The molecule has 1 amide bonds. The van der Waals surface area contributed by atoms with Gasteiger partial charge in [-0.1, -0.05) is 30.3 Å². The molecule has 0 atom stereocenters. The van der Waals surface area contributed by atoms with Crippen LogP contribution in [-0.4, -0.2) is 22.4 Å². The molecule has 1 aliphatic rings. The first-order valence-corrected chi connectivity index (χ1v) is 8.89. The van der Waals surface area contributed by atoms with Crippen LogP contribution in [0.2, 0.25) is 0 Å². The van der Waals surface area contributed by atoms with Crippen LogP contribution in [0.25, 0.3) is 0 Å². The lowest BCUT2D eigenvalue weighted by molar-refractivity contribution is 0.102. The topological polar surface area (TPSA) is 58.1 Å². The number of amides is 1. The lowest BCUT2D eigenvalue weighted by Crippen LogP contribution is -2.27. The molecule has 0 saturated carbocycles. The largest absolute Gasteiger partial charge is 0.318 e. The van der Waals surface area contributed by atoms with Crippen LogP contribution in [0.1, 0.15) is 28.2 Å². The Morgan fingerprint density at radius 1 is 1.11 bits per heavy atom. The number of nitrogens with zero attached hydrogens (tertiary/aromatic N) is 3. The second kappa shape index (κ2) is 7.15. The fourth-order valence-corrected chi connectivity index (χ4v) is 3.28. The Balaban J connectivity index is 1.67. The van der Waals surface area contributed by atoms with E-state index >= 15 is 0 Å². The number of benzene rings is 2. The Kier molecular flexibility index (Phi) is 4.54. The fourth-order valence-electron chi connectivity index (χ4n) is 3.28. The summed E-state index contributed by atoms with van der Waals surface area (Å²) < 4.78 is 13.8. The van der Waals surface area contributed by atoms with Crippen LogP contribution < -0.4 is 10.2 Å². The van der Waals surface area contributed by atoms with E-state index in [0.29, 0.717) is 11.6 Å². The molecule has 0 bridgehead atoms. The number of hydrogen-bond donors (Lipinski definition) is 1. The Labute approximate surface area is 156 Å². The zero-order chi connectivity index (χ0) is 18.8. The predicted molar refractivity (Wildman–Crippen MR) is 103 cm³/mol. The van der Waals surface area contributed by atoms with Gasteiger partial charge in [0.25, 0.3) is 5.91 Å². The molecular formula is C21H19FN4O. The summed E-state index contributed by atoms with van der Waals surface area (Å²) in [6.45, 7) is 2.61. The summed E-state index contributed by atoms with van der Waals surface area (Å²) in [6, 6.07) is 15.8. The number of rotatable bonds is 3. The molecule has 0 aliphatic carbocycles. The Hall–Kier alpha value is -3.28. The highest BCUT2D eigenvalue weighted by atomic mass is 19.1. The molecule has 4 rings (SSSR count). The number of anilines is 3. The Bertz CT molecular complexity index is 1000. The summed E-state index contributed by atoms with van der Waals surface area (Å²) in [5.74, 6) is -0.459. The van der Waals surface area contributed by atoms with Gasteiger partial charge in [0.15, 0.2) is 0 Å². The minimum atomic E-state index is -0.484. The van der Waals surface area contributed by atoms with Gasteiger partial charge in [0.1, 0.15) is 11.5 Å². The van der Waals surface area contributed by atoms with Gasteiger partial charge in [0.05, 0.1) is 5.69 Å². The van der Waals surface area contributed by atoms with Crippen molar-refractivity contribution in [3.05, 3.63) is 77.4 Å². The second-order valence-electron chi connectivity index (χ2n) is 6.51. The smallest absolute Gasteiger partial charge is 0.274 e. The molecule has 0 spiro atoms. The first-order valence-electron chi connectivity index (χ1n) is 8.89. The van der Waals surface area contributed by atoms with Gasteiger partial charge in [0.2, 0.25) is 5.95 Å². The summed E-state index contributed by atoms with van der Waals surface area (Å²) in [5, 5.41) is 2.58. The van der Waals surface area contributed by atoms with E-state index in [-0.39, 0.29) is 11.4 Å². The van der Waals surface area contributed by atoms with Crippen molar-refractivity contribution in [3.63, 3.8) is 0 Å². The maximum absolute atomic E-state index is 13.8. The minimum absolute atomic E-state index is 0.128. The number of para-hydroxylation sites is 2. The van der Waals surface area contributed by atoms with Crippen molar-refractivity contribution in [3.8, 4) is 0 Å². The van der Waals surface area contributed by atoms with Gasteiger partial charge in [-0.3, -0.25) is 4.79 Å². The quantitative estimate of drug-likeness (QED) is 0.756. The van der Waals surface area contributed by atoms with Crippen LogP contribution in [-0.2, 0) is 6.42 Å².